The summed E-state index contributed by atoms with van der Waals surface area (Å²) in [5.74, 6) is -1.02. The summed E-state index contributed by atoms with van der Waals surface area (Å²) in [7, 11) is 0. The Kier molecular flexibility index (Phi) is 3.20. The molecule has 0 aliphatic carbocycles. The summed E-state index contributed by atoms with van der Waals surface area (Å²) in [6, 6.07) is 3.87. The van der Waals surface area contributed by atoms with E-state index in [4.69, 9.17) is 5.11 Å². The Hall–Kier alpha value is -1.89. The molecule has 3 heterocycles. The van der Waals surface area contributed by atoms with Crippen molar-refractivity contribution >= 4 is 22.4 Å². The largest absolute Gasteiger partial charge is 0.481 e. The van der Waals surface area contributed by atoms with Gasteiger partial charge in [0.1, 0.15) is 0 Å². The maximum atomic E-state index is 11.1. The Bertz CT molecular complexity index is 566. The molecule has 1 atom stereocenters. The number of carbonyl (C=O) groups is 1. The standard InChI is InChI=1S/C12H14N4O2S/c17-10(18)9-4-3-7-16(8-9)12-14-13-11(19-12)15-5-1-2-6-15/h1-2,5-6,9H,3-4,7-8H2,(H,17,18)/t9-/m0/s1. The summed E-state index contributed by atoms with van der Waals surface area (Å²) in [4.78, 5) is 13.1. The molecular weight excluding hydrogens is 264 g/mol. The maximum absolute atomic E-state index is 11.1. The van der Waals surface area contributed by atoms with E-state index in [9.17, 15) is 4.79 Å². The van der Waals surface area contributed by atoms with Gasteiger partial charge in [0, 0.05) is 25.5 Å². The van der Waals surface area contributed by atoms with Crippen molar-refractivity contribution < 1.29 is 9.90 Å². The van der Waals surface area contributed by atoms with E-state index in [0.717, 1.165) is 29.6 Å². The van der Waals surface area contributed by atoms with Gasteiger partial charge in [-0.2, -0.15) is 0 Å². The average Bonchev–Trinajstić information content (AvgIpc) is 3.09. The third kappa shape index (κ3) is 2.46. The van der Waals surface area contributed by atoms with Crippen molar-refractivity contribution in [3.8, 4) is 5.13 Å². The number of anilines is 1. The second-order valence-corrected chi connectivity index (χ2v) is 5.52. The second-order valence-electron chi connectivity index (χ2n) is 4.58. The van der Waals surface area contributed by atoms with Crippen LogP contribution in [0.5, 0.6) is 0 Å². The molecule has 1 aliphatic heterocycles. The fraction of sp³-hybridized carbons (Fsp3) is 0.417. The van der Waals surface area contributed by atoms with E-state index < -0.39 is 5.97 Å². The van der Waals surface area contributed by atoms with Gasteiger partial charge in [0.25, 0.3) is 0 Å². The number of rotatable bonds is 3. The number of piperidine rings is 1. The Morgan fingerprint density at radius 3 is 2.79 bits per heavy atom. The molecule has 0 saturated carbocycles. The third-order valence-corrected chi connectivity index (χ3v) is 4.27. The minimum Gasteiger partial charge on any atom is -0.481 e. The van der Waals surface area contributed by atoms with Crippen molar-refractivity contribution in [2.75, 3.05) is 18.0 Å². The quantitative estimate of drug-likeness (QED) is 0.924. The number of aromatic nitrogens is 3. The minimum atomic E-state index is -0.722. The smallest absolute Gasteiger partial charge is 0.308 e. The van der Waals surface area contributed by atoms with Crippen LogP contribution in [-0.4, -0.2) is 38.9 Å². The molecule has 6 nitrogen and oxygen atoms in total. The van der Waals surface area contributed by atoms with Crippen LogP contribution in [0, 0.1) is 5.92 Å². The summed E-state index contributed by atoms with van der Waals surface area (Å²) in [6.07, 6.45) is 5.46. The van der Waals surface area contributed by atoms with E-state index in [2.05, 4.69) is 10.2 Å². The Morgan fingerprint density at radius 2 is 2.05 bits per heavy atom. The fourth-order valence-corrected chi connectivity index (χ4v) is 3.10. The average molecular weight is 278 g/mol. The van der Waals surface area contributed by atoms with Gasteiger partial charge in [-0.05, 0) is 25.0 Å². The number of aliphatic carboxylic acids is 1. The van der Waals surface area contributed by atoms with Gasteiger partial charge < -0.3 is 10.0 Å². The van der Waals surface area contributed by atoms with Crippen LogP contribution in [0.15, 0.2) is 24.5 Å². The van der Waals surface area contributed by atoms with Gasteiger partial charge in [-0.15, -0.1) is 10.2 Å². The van der Waals surface area contributed by atoms with Crippen LogP contribution < -0.4 is 4.90 Å². The topological polar surface area (TPSA) is 71.2 Å². The highest BCUT2D eigenvalue weighted by Crippen LogP contribution is 2.27. The first-order valence-electron chi connectivity index (χ1n) is 6.18. The predicted molar refractivity (Wildman–Crippen MR) is 71.8 cm³/mol. The highest BCUT2D eigenvalue weighted by atomic mass is 32.1. The number of carboxylic acid groups (broad SMARTS) is 1. The Labute approximate surface area is 114 Å². The lowest BCUT2D eigenvalue weighted by atomic mass is 9.99. The second kappa shape index (κ2) is 5.00. The molecule has 0 aromatic carbocycles. The summed E-state index contributed by atoms with van der Waals surface area (Å²) in [6.45, 7) is 1.37. The molecule has 2 aromatic rings. The van der Waals surface area contributed by atoms with Gasteiger partial charge in [-0.3, -0.25) is 9.36 Å². The summed E-state index contributed by atoms with van der Waals surface area (Å²) < 4.78 is 1.90. The lowest BCUT2D eigenvalue weighted by molar-refractivity contribution is -0.141. The monoisotopic (exact) mass is 278 g/mol. The van der Waals surface area contributed by atoms with Gasteiger partial charge >= 0.3 is 5.97 Å². The summed E-state index contributed by atoms with van der Waals surface area (Å²) in [5, 5.41) is 19.0. The van der Waals surface area contributed by atoms with Gasteiger partial charge in [0.2, 0.25) is 10.3 Å². The van der Waals surface area contributed by atoms with Crippen molar-refractivity contribution in [1.82, 2.24) is 14.8 Å². The molecule has 0 radical (unpaired) electrons. The normalized spacial score (nSPS) is 19.6. The number of hydrogen-bond donors (Lipinski definition) is 1. The van der Waals surface area contributed by atoms with E-state index in [1.807, 2.05) is 34.0 Å². The Balaban J connectivity index is 1.77. The first-order valence-corrected chi connectivity index (χ1v) is 7.00. The minimum absolute atomic E-state index is 0.298. The van der Waals surface area contributed by atoms with Crippen molar-refractivity contribution in [3.05, 3.63) is 24.5 Å². The van der Waals surface area contributed by atoms with E-state index in [-0.39, 0.29) is 5.92 Å². The molecule has 3 rings (SSSR count). The summed E-state index contributed by atoms with van der Waals surface area (Å²) >= 11 is 1.48. The zero-order valence-electron chi connectivity index (χ0n) is 10.3. The van der Waals surface area contributed by atoms with Gasteiger partial charge in [-0.25, -0.2) is 0 Å². The Morgan fingerprint density at radius 1 is 1.32 bits per heavy atom. The zero-order chi connectivity index (χ0) is 13.2. The van der Waals surface area contributed by atoms with Crippen LogP contribution in [0.25, 0.3) is 5.13 Å². The molecule has 1 aliphatic rings. The molecule has 1 saturated heterocycles. The van der Waals surface area contributed by atoms with Crippen LogP contribution in [0.2, 0.25) is 0 Å². The highest BCUT2D eigenvalue weighted by Gasteiger charge is 2.27. The molecule has 2 aromatic heterocycles. The molecule has 19 heavy (non-hydrogen) atoms. The molecule has 100 valence electrons. The SMILES string of the molecule is O=C(O)[C@H]1CCCN(c2nnc(-n3cccc3)s2)C1. The van der Waals surface area contributed by atoms with E-state index in [1.54, 1.807) is 0 Å². The lowest BCUT2D eigenvalue weighted by Gasteiger charge is -2.29. The zero-order valence-corrected chi connectivity index (χ0v) is 11.1. The van der Waals surface area contributed by atoms with E-state index in [1.165, 1.54) is 11.3 Å². The molecule has 1 N–H and O–H groups in total. The van der Waals surface area contributed by atoms with Crippen LogP contribution in [0.1, 0.15) is 12.8 Å². The highest BCUT2D eigenvalue weighted by molar-refractivity contribution is 7.17. The molecule has 0 unspecified atom stereocenters. The number of hydrogen-bond acceptors (Lipinski definition) is 5. The first-order chi connectivity index (χ1) is 9.24. The third-order valence-electron chi connectivity index (χ3n) is 3.27. The number of carboxylic acids is 1. The molecule has 0 spiro atoms. The van der Waals surface area contributed by atoms with Crippen LogP contribution in [0.3, 0.4) is 0 Å². The van der Waals surface area contributed by atoms with Crippen LogP contribution in [0.4, 0.5) is 5.13 Å². The van der Waals surface area contributed by atoms with Crippen LogP contribution >= 0.6 is 11.3 Å². The van der Waals surface area contributed by atoms with Crippen molar-refractivity contribution in [2.24, 2.45) is 5.92 Å². The number of nitrogens with zero attached hydrogens (tertiary/aromatic N) is 4. The molecule has 1 fully saturated rings. The lowest BCUT2D eigenvalue weighted by Crippen LogP contribution is -2.38. The molecule has 0 bridgehead atoms. The van der Waals surface area contributed by atoms with E-state index >= 15 is 0 Å². The van der Waals surface area contributed by atoms with Crippen LogP contribution in [-0.2, 0) is 4.79 Å². The molecular formula is C12H14N4O2S. The van der Waals surface area contributed by atoms with Gasteiger partial charge in [0.15, 0.2) is 0 Å². The molecule has 7 heteroatoms. The van der Waals surface area contributed by atoms with Gasteiger partial charge in [0.05, 0.1) is 5.92 Å². The molecule has 0 amide bonds. The predicted octanol–water partition coefficient (Wildman–Crippen LogP) is 1.63. The fourth-order valence-electron chi connectivity index (χ4n) is 2.25. The van der Waals surface area contributed by atoms with E-state index in [0.29, 0.717) is 6.54 Å². The van der Waals surface area contributed by atoms with Gasteiger partial charge in [-0.1, -0.05) is 11.3 Å². The summed E-state index contributed by atoms with van der Waals surface area (Å²) in [5.41, 5.74) is 0. The maximum Gasteiger partial charge on any atom is 0.308 e. The first kappa shape index (κ1) is 12.2. The van der Waals surface area contributed by atoms with Crippen molar-refractivity contribution in [1.29, 1.82) is 0 Å². The van der Waals surface area contributed by atoms with Crippen molar-refractivity contribution in [3.63, 3.8) is 0 Å². The van der Waals surface area contributed by atoms with Crippen molar-refractivity contribution in [2.45, 2.75) is 12.8 Å².